The summed E-state index contributed by atoms with van der Waals surface area (Å²) in [5, 5.41) is 15.6. The Morgan fingerprint density at radius 2 is 2.19 bits per heavy atom. The summed E-state index contributed by atoms with van der Waals surface area (Å²) in [6.45, 7) is 1.76. The first-order chi connectivity index (χ1) is 7.45. The molecular formula is C10H13N3O3. The summed E-state index contributed by atoms with van der Waals surface area (Å²) in [6.07, 6.45) is 2.48. The summed E-state index contributed by atoms with van der Waals surface area (Å²) < 4.78 is 1.57. The van der Waals surface area contributed by atoms with Crippen LogP contribution in [-0.2, 0) is 16.6 Å². The van der Waals surface area contributed by atoms with Crippen molar-refractivity contribution in [3.8, 4) is 0 Å². The van der Waals surface area contributed by atoms with Crippen LogP contribution in [0.3, 0.4) is 0 Å². The zero-order valence-electron chi connectivity index (χ0n) is 9.15. The van der Waals surface area contributed by atoms with Crippen molar-refractivity contribution >= 4 is 17.6 Å². The summed E-state index contributed by atoms with van der Waals surface area (Å²) in [4.78, 5) is 22.7. The molecular weight excluding hydrogens is 210 g/mol. The maximum absolute atomic E-state index is 11.8. The van der Waals surface area contributed by atoms with Gasteiger partial charge in [-0.05, 0) is 19.8 Å². The Morgan fingerprint density at radius 3 is 2.56 bits per heavy atom. The molecule has 0 aliphatic heterocycles. The van der Waals surface area contributed by atoms with Gasteiger partial charge < -0.3 is 10.4 Å². The van der Waals surface area contributed by atoms with Crippen molar-refractivity contribution in [1.82, 2.24) is 9.78 Å². The number of rotatable bonds is 3. The molecule has 1 aromatic heterocycles. The van der Waals surface area contributed by atoms with Gasteiger partial charge in [0.2, 0.25) is 5.91 Å². The molecule has 1 amide bonds. The third-order valence-electron chi connectivity index (χ3n) is 2.86. The van der Waals surface area contributed by atoms with Crippen molar-refractivity contribution in [3.05, 3.63) is 11.9 Å². The number of aliphatic carboxylic acids is 1. The molecule has 86 valence electrons. The fraction of sp³-hybridized carbons (Fsp3) is 0.500. The van der Waals surface area contributed by atoms with Crippen molar-refractivity contribution in [2.75, 3.05) is 5.32 Å². The number of nitrogens with one attached hydrogen (secondary N) is 1. The molecule has 16 heavy (non-hydrogen) atoms. The van der Waals surface area contributed by atoms with Crippen LogP contribution < -0.4 is 5.32 Å². The van der Waals surface area contributed by atoms with E-state index < -0.39 is 17.3 Å². The number of carboxylic acids is 1. The fourth-order valence-corrected chi connectivity index (χ4v) is 1.63. The predicted molar refractivity (Wildman–Crippen MR) is 55.9 cm³/mol. The highest BCUT2D eigenvalue weighted by atomic mass is 16.4. The summed E-state index contributed by atoms with van der Waals surface area (Å²) in [7, 11) is 1.74. The number of hydrogen-bond acceptors (Lipinski definition) is 3. The van der Waals surface area contributed by atoms with Gasteiger partial charge >= 0.3 is 5.97 Å². The van der Waals surface area contributed by atoms with Crippen LogP contribution in [0.15, 0.2) is 6.20 Å². The summed E-state index contributed by atoms with van der Waals surface area (Å²) in [6, 6.07) is 0. The summed E-state index contributed by atoms with van der Waals surface area (Å²) in [5.41, 5.74) is 0.0412. The molecule has 1 heterocycles. The van der Waals surface area contributed by atoms with Gasteiger partial charge in [0.1, 0.15) is 5.41 Å². The average molecular weight is 223 g/mol. The normalized spacial score (nSPS) is 16.9. The number of amides is 1. The first-order valence-electron chi connectivity index (χ1n) is 5.01. The van der Waals surface area contributed by atoms with Crippen LogP contribution in [0.5, 0.6) is 0 Å². The third-order valence-corrected chi connectivity index (χ3v) is 2.86. The number of carbonyl (C=O) groups is 2. The van der Waals surface area contributed by atoms with E-state index in [0.717, 1.165) is 0 Å². The molecule has 6 nitrogen and oxygen atoms in total. The number of aromatic nitrogens is 2. The zero-order valence-corrected chi connectivity index (χ0v) is 9.15. The molecule has 0 saturated heterocycles. The SMILES string of the molecule is Cc1nn(C)cc1NC(=O)C1(C(=O)O)CC1. The zero-order chi connectivity index (χ0) is 11.9. The quantitative estimate of drug-likeness (QED) is 0.732. The number of carboxylic acid groups (broad SMARTS) is 1. The fourth-order valence-electron chi connectivity index (χ4n) is 1.63. The van der Waals surface area contributed by atoms with Gasteiger partial charge in [0.25, 0.3) is 0 Å². The van der Waals surface area contributed by atoms with E-state index >= 15 is 0 Å². The molecule has 0 atom stereocenters. The second-order valence-electron chi connectivity index (χ2n) is 4.14. The van der Waals surface area contributed by atoms with Gasteiger partial charge in [-0.15, -0.1) is 0 Å². The van der Waals surface area contributed by atoms with Gasteiger partial charge in [-0.25, -0.2) is 0 Å². The van der Waals surface area contributed by atoms with Crippen molar-refractivity contribution < 1.29 is 14.7 Å². The van der Waals surface area contributed by atoms with E-state index in [0.29, 0.717) is 24.2 Å². The van der Waals surface area contributed by atoms with Gasteiger partial charge in [0.15, 0.2) is 0 Å². The van der Waals surface area contributed by atoms with Gasteiger partial charge in [-0.1, -0.05) is 0 Å². The Balaban J connectivity index is 2.14. The van der Waals surface area contributed by atoms with Crippen LogP contribution >= 0.6 is 0 Å². The summed E-state index contributed by atoms with van der Waals surface area (Å²) >= 11 is 0. The van der Waals surface area contributed by atoms with Crippen LogP contribution in [0, 0.1) is 12.3 Å². The Labute approximate surface area is 92.3 Å². The van der Waals surface area contributed by atoms with Crippen molar-refractivity contribution in [2.24, 2.45) is 12.5 Å². The lowest BCUT2D eigenvalue weighted by atomic mass is 10.1. The van der Waals surface area contributed by atoms with E-state index in [4.69, 9.17) is 5.11 Å². The lowest BCUT2D eigenvalue weighted by Gasteiger charge is -2.09. The monoisotopic (exact) mass is 223 g/mol. The second kappa shape index (κ2) is 3.33. The molecule has 1 fully saturated rings. The summed E-state index contributed by atoms with van der Waals surface area (Å²) in [5.74, 6) is -1.50. The Hall–Kier alpha value is -1.85. The molecule has 2 N–H and O–H groups in total. The molecule has 1 aliphatic rings. The van der Waals surface area contributed by atoms with Crippen LogP contribution in [0.1, 0.15) is 18.5 Å². The minimum atomic E-state index is -1.21. The van der Waals surface area contributed by atoms with Crippen LogP contribution in [-0.4, -0.2) is 26.8 Å². The standard InChI is InChI=1S/C10H13N3O3/c1-6-7(5-13(2)12-6)11-8(14)10(3-4-10)9(15)16/h5H,3-4H2,1-2H3,(H,11,14)(H,15,16). The lowest BCUT2D eigenvalue weighted by Crippen LogP contribution is -2.31. The Bertz CT molecular complexity index is 460. The molecule has 0 unspecified atom stereocenters. The van der Waals surface area contributed by atoms with E-state index in [1.54, 1.807) is 24.9 Å². The molecule has 1 saturated carbocycles. The number of hydrogen-bond donors (Lipinski definition) is 2. The minimum Gasteiger partial charge on any atom is -0.480 e. The molecule has 2 rings (SSSR count). The molecule has 6 heteroatoms. The van der Waals surface area contributed by atoms with Crippen molar-refractivity contribution in [2.45, 2.75) is 19.8 Å². The Kier molecular flexibility index (Phi) is 2.22. The minimum absolute atomic E-state index is 0.410. The molecule has 0 spiro atoms. The first kappa shape index (κ1) is 10.7. The third kappa shape index (κ3) is 1.56. The highest BCUT2D eigenvalue weighted by Gasteiger charge is 2.57. The molecule has 1 aliphatic carbocycles. The molecule has 0 bridgehead atoms. The highest BCUT2D eigenvalue weighted by molar-refractivity contribution is 6.10. The number of nitrogens with zero attached hydrogens (tertiary/aromatic N) is 2. The average Bonchev–Trinajstić information content (AvgIpc) is 2.91. The topological polar surface area (TPSA) is 84.2 Å². The molecule has 1 aromatic rings. The smallest absolute Gasteiger partial charge is 0.319 e. The van der Waals surface area contributed by atoms with Gasteiger partial charge in [-0.3, -0.25) is 14.3 Å². The molecule has 0 radical (unpaired) electrons. The number of anilines is 1. The van der Waals surface area contributed by atoms with Gasteiger partial charge in [0.05, 0.1) is 11.4 Å². The second-order valence-corrected chi connectivity index (χ2v) is 4.14. The maximum atomic E-state index is 11.8. The van der Waals surface area contributed by atoms with E-state index in [1.165, 1.54) is 0 Å². The van der Waals surface area contributed by atoms with E-state index in [-0.39, 0.29) is 0 Å². The highest BCUT2D eigenvalue weighted by Crippen LogP contribution is 2.46. The van der Waals surface area contributed by atoms with E-state index in [2.05, 4.69) is 10.4 Å². The largest absolute Gasteiger partial charge is 0.480 e. The van der Waals surface area contributed by atoms with Crippen molar-refractivity contribution in [1.29, 1.82) is 0 Å². The van der Waals surface area contributed by atoms with Crippen LogP contribution in [0.4, 0.5) is 5.69 Å². The van der Waals surface area contributed by atoms with E-state index in [9.17, 15) is 9.59 Å². The van der Waals surface area contributed by atoms with Gasteiger partial charge in [0, 0.05) is 13.2 Å². The van der Waals surface area contributed by atoms with Crippen LogP contribution in [0.25, 0.3) is 0 Å². The number of carbonyl (C=O) groups excluding carboxylic acids is 1. The number of aryl methyl sites for hydroxylation is 2. The van der Waals surface area contributed by atoms with Crippen LogP contribution in [0.2, 0.25) is 0 Å². The maximum Gasteiger partial charge on any atom is 0.319 e. The predicted octanol–water partition coefficient (Wildman–Crippen LogP) is 0.532. The first-order valence-corrected chi connectivity index (χ1v) is 5.01. The van der Waals surface area contributed by atoms with E-state index in [1.807, 2.05) is 0 Å². The van der Waals surface area contributed by atoms with Crippen molar-refractivity contribution in [3.63, 3.8) is 0 Å². The lowest BCUT2D eigenvalue weighted by molar-refractivity contribution is -0.147. The Morgan fingerprint density at radius 1 is 1.56 bits per heavy atom. The van der Waals surface area contributed by atoms with Gasteiger partial charge in [-0.2, -0.15) is 5.10 Å². The molecule has 0 aromatic carbocycles.